The highest BCUT2D eigenvalue weighted by molar-refractivity contribution is 5.85. The van der Waals surface area contributed by atoms with Crippen molar-refractivity contribution < 1.29 is 24.2 Å². The SMILES string of the molecule is C[C@@H](CC(=O)O)NC(=O)C(CNC(=O)OCC1c2ccccc2-c2ccccc21)c1ccccc1. The smallest absolute Gasteiger partial charge is 0.407 e. The number of ether oxygens (including phenoxy) is 1. The predicted molar refractivity (Wildman–Crippen MR) is 132 cm³/mol. The molecule has 0 bridgehead atoms. The molecule has 1 unspecified atom stereocenters. The van der Waals surface area contributed by atoms with Gasteiger partial charge in [-0.1, -0.05) is 78.9 Å². The molecule has 7 heteroatoms. The first-order valence-corrected chi connectivity index (χ1v) is 11.6. The summed E-state index contributed by atoms with van der Waals surface area (Å²) in [6.07, 6.45) is -0.799. The van der Waals surface area contributed by atoms with Crippen LogP contribution in [0.25, 0.3) is 11.1 Å². The molecule has 35 heavy (non-hydrogen) atoms. The second-order valence-corrected chi connectivity index (χ2v) is 8.68. The molecule has 2 amide bonds. The van der Waals surface area contributed by atoms with Crippen LogP contribution in [-0.2, 0) is 14.3 Å². The Labute approximate surface area is 204 Å². The van der Waals surface area contributed by atoms with E-state index in [9.17, 15) is 14.4 Å². The Morgan fingerprint density at radius 3 is 2.06 bits per heavy atom. The van der Waals surface area contributed by atoms with Crippen LogP contribution in [0.4, 0.5) is 4.79 Å². The fourth-order valence-corrected chi connectivity index (χ4v) is 4.54. The summed E-state index contributed by atoms with van der Waals surface area (Å²) < 4.78 is 5.58. The highest BCUT2D eigenvalue weighted by Gasteiger charge is 2.29. The summed E-state index contributed by atoms with van der Waals surface area (Å²) in [5, 5.41) is 14.4. The van der Waals surface area contributed by atoms with Gasteiger partial charge < -0.3 is 20.5 Å². The fourth-order valence-electron chi connectivity index (χ4n) is 4.54. The van der Waals surface area contributed by atoms with E-state index in [-0.39, 0.29) is 31.4 Å². The minimum absolute atomic E-state index is 0.0202. The van der Waals surface area contributed by atoms with Crippen molar-refractivity contribution in [2.75, 3.05) is 13.2 Å². The van der Waals surface area contributed by atoms with Gasteiger partial charge in [0.05, 0.1) is 12.3 Å². The van der Waals surface area contributed by atoms with Gasteiger partial charge in [0.25, 0.3) is 0 Å². The van der Waals surface area contributed by atoms with Gasteiger partial charge >= 0.3 is 12.1 Å². The van der Waals surface area contributed by atoms with Crippen molar-refractivity contribution in [3.05, 3.63) is 95.6 Å². The molecule has 0 aliphatic heterocycles. The summed E-state index contributed by atoms with van der Waals surface area (Å²) in [5.41, 5.74) is 5.25. The van der Waals surface area contributed by atoms with E-state index >= 15 is 0 Å². The van der Waals surface area contributed by atoms with Crippen LogP contribution in [0.2, 0.25) is 0 Å². The minimum Gasteiger partial charge on any atom is -0.481 e. The zero-order chi connectivity index (χ0) is 24.8. The Kier molecular flexibility index (Phi) is 7.45. The molecule has 3 N–H and O–H groups in total. The number of benzene rings is 3. The maximum Gasteiger partial charge on any atom is 0.407 e. The maximum atomic E-state index is 12.9. The molecule has 7 nitrogen and oxygen atoms in total. The van der Waals surface area contributed by atoms with Gasteiger partial charge in [-0.25, -0.2) is 4.79 Å². The van der Waals surface area contributed by atoms with Crippen LogP contribution in [0.15, 0.2) is 78.9 Å². The van der Waals surface area contributed by atoms with Crippen LogP contribution in [0.1, 0.15) is 41.9 Å². The zero-order valence-corrected chi connectivity index (χ0v) is 19.4. The van der Waals surface area contributed by atoms with Crippen LogP contribution in [0.5, 0.6) is 0 Å². The van der Waals surface area contributed by atoms with E-state index < -0.39 is 24.0 Å². The number of hydrogen-bond acceptors (Lipinski definition) is 4. The van der Waals surface area contributed by atoms with E-state index in [1.165, 1.54) is 0 Å². The standard InChI is InChI=1S/C28H28N2O5/c1-18(15-26(31)32)30-27(33)24(19-9-3-2-4-10-19)16-29-28(34)35-17-25-22-13-7-5-11-20(22)21-12-6-8-14-23(21)25/h2-14,18,24-25H,15-17H2,1H3,(H,29,34)(H,30,33)(H,31,32)/t18-,24?/m0/s1. The van der Waals surface area contributed by atoms with E-state index in [1.807, 2.05) is 42.5 Å². The van der Waals surface area contributed by atoms with E-state index in [0.717, 1.165) is 22.3 Å². The van der Waals surface area contributed by atoms with E-state index in [0.29, 0.717) is 5.56 Å². The highest BCUT2D eigenvalue weighted by Crippen LogP contribution is 2.44. The van der Waals surface area contributed by atoms with Gasteiger partial charge in [-0.2, -0.15) is 0 Å². The summed E-state index contributed by atoms with van der Waals surface area (Å²) in [4.78, 5) is 36.5. The highest BCUT2D eigenvalue weighted by atomic mass is 16.5. The normalized spacial score (nSPS) is 13.7. The van der Waals surface area contributed by atoms with Crippen molar-refractivity contribution in [2.45, 2.75) is 31.2 Å². The molecule has 2 atom stereocenters. The number of aliphatic carboxylic acids is 1. The maximum absolute atomic E-state index is 12.9. The summed E-state index contributed by atoms with van der Waals surface area (Å²) in [6.45, 7) is 1.83. The van der Waals surface area contributed by atoms with Crippen LogP contribution >= 0.6 is 0 Å². The lowest BCUT2D eigenvalue weighted by Crippen LogP contribution is -2.42. The largest absolute Gasteiger partial charge is 0.481 e. The van der Waals surface area contributed by atoms with Gasteiger partial charge in [-0.3, -0.25) is 9.59 Å². The number of amides is 2. The van der Waals surface area contributed by atoms with Crippen LogP contribution in [-0.4, -0.2) is 42.3 Å². The van der Waals surface area contributed by atoms with Crippen LogP contribution < -0.4 is 10.6 Å². The summed E-state index contributed by atoms with van der Waals surface area (Å²) in [6, 6.07) is 24.7. The molecule has 1 aliphatic rings. The fraction of sp³-hybridized carbons (Fsp3) is 0.250. The van der Waals surface area contributed by atoms with Crippen molar-refractivity contribution in [1.82, 2.24) is 10.6 Å². The number of carboxylic acid groups (broad SMARTS) is 1. The monoisotopic (exact) mass is 472 g/mol. The third-order valence-corrected chi connectivity index (χ3v) is 6.18. The molecule has 4 rings (SSSR count). The third kappa shape index (κ3) is 5.69. The van der Waals surface area contributed by atoms with Crippen LogP contribution in [0.3, 0.4) is 0 Å². The number of carbonyl (C=O) groups is 3. The summed E-state index contributed by atoms with van der Waals surface area (Å²) in [7, 11) is 0. The molecule has 0 saturated carbocycles. The average Bonchev–Trinajstić information content (AvgIpc) is 3.16. The van der Waals surface area contributed by atoms with Crippen molar-refractivity contribution in [2.24, 2.45) is 0 Å². The van der Waals surface area contributed by atoms with Crippen molar-refractivity contribution in [3.63, 3.8) is 0 Å². The van der Waals surface area contributed by atoms with Gasteiger partial charge in [-0.05, 0) is 34.7 Å². The van der Waals surface area contributed by atoms with Gasteiger partial charge in [0.2, 0.25) is 5.91 Å². The zero-order valence-electron chi connectivity index (χ0n) is 19.4. The molecule has 3 aromatic carbocycles. The number of fused-ring (bicyclic) bond motifs is 3. The first-order chi connectivity index (χ1) is 16.9. The molecule has 0 spiro atoms. The molecule has 0 saturated heterocycles. The molecule has 1 aliphatic carbocycles. The number of alkyl carbamates (subject to hydrolysis) is 1. The van der Waals surface area contributed by atoms with Crippen molar-refractivity contribution in [1.29, 1.82) is 0 Å². The van der Waals surface area contributed by atoms with E-state index in [1.54, 1.807) is 19.1 Å². The van der Waals surface area contributed by atoms with E-state index in [4.69, 9.17) is 9.84 Å². The molecular weight excluding hydrogens is 444 g/mol. The van der Waals surface area contributed by atoms with Gasteiger partial charge in [-0.15, -0.1) is 0 Å². The average molecular weight is 473 g/mol. The Balaban J connectivity index is 1.39. The third-order valence-electron chi connectivity index (χ3n) is 6.18. The van der Waals surface area contributed by atoms with Crippen molar-refractivity contribution >= 4 is 18.0 Å². The first-order valence-electron chi connectivity index (χ1n) is 11.6. The number of rotatable bonds is 9. The summed E-state index contributed by atoms with van der Waals surface area (Å²) in [5.74, 6) is -2.10. The second-order valence-electron chi connectivity index (χ2n) is 8.68. The summed E-state index contributed by atoms with van der Waals surface area (Å²) >= 11 is 0. The predicted octanol–water partition coefficient (Wildman–Crippen LogP) is 4.29. The number of nitrogens with one attached hydrogen (secondary N) is 2. The van der Waals surface area contributed by atoms with Crippen molar-refractivity contribution in [3.8, 4) is 11.1 Å². The lowest BCUT2D eigenvalue weighted by Gasteiger charge is -2.21. The Morgan fingerprint density at radius 1 is 0.886 bits per heavy atom. The molecule has 0 heterocycles. The quantitative estimate of drug-likeness (QED) is 0.431. The topological polar surface area (TPSA) is 105 Å². The lowest BCUT2D eigenvalue weighted by atomic mass is 9.97. The Morgan fingerprint density at radius 2 is 1.46 bits per heavy atom. The number of carbonyl (C=O) groups excluding carboxylic acids is 2. The number of carboxylic acids is 1. The first kappa shape index (κ1) is 24.0. The van der Waals surface area contributed by atoms with Gasteiger partial charge in [0.1, 0.15) is 6.61 Å². The van der Waals surface area contributed by atoms with E-state index in [2.05, 4.69) is 34.9 Å². The molecule has 0 aromatic heterocycles. The van der Waals surface area contributed by atoms with Gasteiger partial charge in [0, 0.05) is 18.5 Å². The Bertz CT molecular complexity index is 1170. The molecule has 0 radical (unpaired) electrons. The van der Waals surface area contributed by atoms with Crippen LogP contribution in [0, 0.1) is 0 Å². The second kappa shape index (κ2) is 10.9. The molecular formula is C28H28N2O5. The molecule has 0 fully saturated rings. The number of hydrogen-bond donors (Lipinski definition) is 3. The Hall–Kier alpha value is -4.13. The minimum atomic E-state index is -0.995. The lowest BCUT2D eigenvalue weighted by molar-refractivity contribution is -0.137. The molecule has 3 aromatic rings. The van der Waals surface area contributed by atoms with Gasteiger partial charge in [0.15, 0.2) is 0 Å². The molecule has 180 valence electrons.